The molecule has 148 valence electrons. The third kappa shape index (κ3) is 11.4. The number of rotatable bonds is 10. The van der Waals surface area contributed by atoms with E-state index in [-0.39, 0.29) is 11.8 Å². The topological polar surface area (TPSA) is 73.8 Å². The third-order valence-electron chi connectivity index (χ3n) is 4.54. The Kier molecular flexibility index (Phi) is 10.4. The third-order valence-corrected chi connectivity index (χ3v) is 5.52. The number of hydrogen-bond donors (Lipinski definition) is 2. The summed E-state index contributed by atoms with van der Waals surface area (Å²) in [5.41, 5.74) is 0. The lowest BCUT2D eigenvalue weighted by Gasteiger charge is -2.30. The van der Waals surface area contributed by atoms with Gasteiger partial charge in [-0.25, -0.2) is 8.42 Å². The summed E-state index contributed by atoms with van der Waals surface area (Å²) in [5, 5.41) is 6.54. The highest BCUT2D eigenvalue weighted by molar-refractivity contribution is 7.90. The number of unbranched alkanes of at least 4 members (excludes halogenated alkanes) is 1. The number of piperidine rings is 1. The van der Waals surface area contributed by atoms with Crippen LogP contribution in [0.3, 0.4) is 0 Å². The van der Waals surface area contributed by atoms with Gasteiger partial charge in [-0.3, -0.25) is 4.99 Å². The second-order valence-electron chi connectivity index (χ2n) is 7.48. The maximum Gasteiger partial charge on any atom is 0.191 e. The number of sulfone groups is 1. The van der Waals surface area contributed by atoms with Gasteiger partial charge >= 0.3 is 0 Å². The van der Waals surface area contributed by atoms with Crippen molar-refractivity contribution in [3.05, 3.63) is 0 Å². The van der Waals surface area contributed by atoms with Gasteiger partial charge in [-0.05, 0) is 65.0 Å². The molecule has 0 bridgehead atoms. The molecule has 1 aliphatic heterocycles. The van der Waals surface area contributed by atoms with Crippen LogP contribution in [0.5, 0.6) is 0 Å². The van der Waals surface area contributed by atoms with Gasteiger partial charge in [-0.1, -0.05) is 6.92 Å². The molecule has 1 heterocycles. The van der Waals surface area contributed by atoms with Gasteiger partial charge in [0, 0.05) is 31.9 Å². The fraction of sp³-hybridized carbons (Fsp3) is 0.944. The maximum absolute atomic E-state index is 11.3. The average Bonchev–Trinajstić information content (AvgIpc) is 2.52. The van der Waals surface area contributed by atoms with E-state index in [4.69, 9.17) is 0 Å². The fourth-order valence-corrected chi connectivity index (χ4v) is 3.93. The summed E-state index contributed by atoms with van der Waals surface area (Å²) in [4.78, 5) is 7.20. The first kappa shape index (κ1) is 22.2. The number of nitrogens with zero attached hydrogens (tertiary/aromatic N) is 2. The largest absolute Gasteiger partial charge is 0.357 e. The van der Waals surface area contributed by atoms with E-state index in [1.807, 2.05) is 13.8 Å². The average molecular weight is 375 g/mol. The van der Waals surface area contributed by atoms with Crippen LogP contribution >= 0.6 is 0 Å². The van der Waals surface area contributed by atoms with Crippen LogP contribution in [0.25, 0.3) is 0 Å². The lowest BCUT2D eigenvalue weighted by Crippen LogP contribution is -2.43. The van der Waals surface area contributed by atoms with E-state index < -0.39 is 9.84 Å². The van der Waals surface area contributed by atoms with Crippen LogP contribution in [0.15, 0.2) is 4.99 Å². The Morgan fingerprint density at radius 3 is 2.76 bits per heavy atom. The van der Waals surface area contributed by atoms with Crippen LogP contribution in [-0.2, 0) is 9.84 Å². The molecule has 0 aromatic heterocycles. The van der Waals surface area contributed by atoms with Crippen molar-refractivity contribution in [3.63, 3.8) is 0 Å². The molecular weight excluding hydrogens is 336 g/mol. The Hall–Kier alpha value is -0.820. The van der Waals surface area contributed by atoms with Crippen LogP contribution in [0.2, 0.25) is 0 Å². The Morgan fingerprint density at radius 1 is 1.36 bits per heavy atom. The molecular formula is C18H38N4O2S. The van der Waals surface area contributed by atoms with Gasteiger partial charge < -0.3 is 15.5 Å². The highest BCUT2D eigenvalue weighted by atomic mass is 32.2. The molecule has 0 aromatic rings. The molecule has 2 atom stereocenters. The molecule has 0 radical (unpaired) electrons. The van der Waals surface area contributed by atoms with Gasteiger partial charge in [0.15, 0.2) is 5.96 Å². The molecule has 25 heavy (non-hydrogen) atoms. The monoisotopic (exact) mass is 374 g/mol. The Labute approximate surface area is 154 Å². The zero-order chi connectivity index (χ0) is 18.7. The second kappa shape index (κ2) is 11.7. The minimum atomic E-state index is -2.91. The first-order chi connectivity index (χ1) is 11.8. The van der Waals surface area contributed by atoms with Crippen LogP contribution in [0, 0.1) is 5.92 Å². The summed E-state index contributed by atoms with van der Waals surface area (Å²) in [6.45, 7) is 11.6. The van der Waals surface area contributed by atoms with Gasteiger partial charge in [0.05, 0.1) is 5.75 Å². The quantitative estimate of drug-likeness (QED) is 0.347. The van der Waals surface area contributed by atoms with E-state index in [0.29, 0.717) is 6.42 Å². The fourth-order valence-electron chi connectivity index (χ4n) is 3.14. The summed E-state index contributed by atoms with van der Waals surface area (Å²) < 4.78 is 22.5. The van der Waals surface area contributed by atoms with E-state index in [0.717, 1.165) is 31.4 Å². The highest BCUT2D eigenvalue weighted by Gasteiger charge is 2.15. The smallest absolute Gasteiger partial charge is 0.191 e. The highest BCUT2D eigenvalue weighted by Crippen LogP contribution is 2.15. The SMILES string of the molecule is CCNC(=NCCCCN1CCCC(C)C1)NC(C)CCS(C)(=O)=O. The van der Waals surface area contributed by atoms with Crippen molar-refractivity contribution < 1.29 is 8.42 Å². The number of likely N-dealkylation sites (tertiary alicyclic amines) is 1. The molecule has 2 unspecified atom stereocenters. The van der Waals surface area contributed by atoms with E-state index in [1.165, 1.54) is 45.2 Å². The summed E-state index contributed by atoms with van der Waals surface area (Å²) in [6.07, 6.45) is 6.84. The van der Waals surface area contributed by atoms with Gasteiger partial charge in [-0.2, -0.15) is 0 Å². The minimum absolute atomic E-state index is 0.0855. The summed E-state index contributed by atoms with van der Waals surface area (Å²) in [6, 6.07) is 0.0855. The lowest BCUT2D eigenvalue weighted by atomic mass is 10.0. The predicted octanol–water partition coefficient (Wildman–Crippen LogP) is 1.88. The molecule has 1 rings (SSSR count). The maximum atomic E-state index is 11.3. The lowest BCUT2D eigenvalue weighted by molar-refractivity contribution is 0.181. The van der Waals surface area contributed by atoms with Crippen LogP contribution in [0.4, 0.5) is 0 Å². The predicted molar refractivity (Wildman–Crippen MR) is 107 cm³/mol. The zero-order valence-electron chi connectivity index (χ0n) is 16.6. The molecule has 0 amide bonds. The first-order valence-electron chi connectivity index (χ1n) is 9.75. The molecule has 1 saturated heterocycles. The van der Waals surface area contributed by atoms with Gasteiger partial charge in [0.2, 0.25) is 0 Å². The molecule has 1 fully saturated rings. The first-order valence-corrected chi connectivity index (χ1v) is 11.8. The number of aliphatic imine (C=N–C) groups is 1. The standard InChI is InChI=1S/C18H38N4O2S/c1-5-19-18(21-17(3)10-14-25(4,23)24)20-11-6-7-12-22-13-8-9-16(2)15-22/h16-17H,5-15H2,1-4H3,(H2,19,20,21). The normalized spacial score (nSPS) is 21.1. The van der Waals surface area contributed by atoms with E-state index in [2.05, 4.69) is 27.4 Å². The minimum Gasteiger partial charge on any atom is -0.357 e. The number of nitrogens with one attached hydrogen (secondary N) is 2. The second-order valence-corrected chi connectivity index (χ2v) is 9.74. The molecule has 0 aliphatic carbocycles. The van der Waals surface area contributed by atoms with Crippen molar-refractivity contribution >= 4 is 15.8 Å². The van der Waals surface area contributed by atoms with Crippen LogP contribution in [-0.4, -0.2) is 70.1 Å². The van der Waals surface area contributed by atoms with Crippen molar-refractivity contribution in [1.29, 1.82) is 0 Å². The molecule has 0 saturated carbocycles. The van der Waals surface area contributed by atoms with Crippen molar-refractivity contribution in [2.75, 3.05) is 44.7 Å². The Morgan fingerprint density at radius 2 is 2.12 bits per heavy atom. The summed E-state index contributed by atoms with van der Waals surface area (Å²) in [7, 11) is -2.91. The van der Waals surface area contributed by atoms with Gasteiger partial charge in [0.1, 0.15) is 9.84 Å². The molecule has 1 aliphatic rings. The van der Waals surface area contributed by atoms with Crippen molar-refractivity contribution in [2.24, 2.45) is 10.9 Å². The van der Waals surface area contributed by atoms with E-state index in [9.17, 15) is 8.42 Å². The summed E-state index contributed by atoms with van der Waals surface area (Å²) >= 11 is 0. The van der Waals surface area contributed by atoms with Crippen LogP contribution in [0.1, 0.15) is 52.9 Å². The van der Waals surface area contributed by atoms with Gasteiger partial charge in [-0.15, -0.1) is 0 Å². The van der Waals surface area contributed by atoms with E-state index in [1.54, 1.807) is 0 Å². The Balaban J connectivity index is 2.27. The van der Waals surface area contributed by atoms with Crippen molar-refractivity contribution in [1.82, 2.24) is 15.5 Å². The number of guanidine groups is 1. The molecule has 2 N–H and O–H groups in total. The molecule has 0 spiro atoms. The van der Waals surface area contributed by atoms with Crippen molar-refractivity contribution in [2.45, 2.75) is 58.9 Å². The van der Waals surface area contributed by atoms with Crippen molar-refractivity contribution in [3.8, 4) is 0 Å². The van der Waals surface area contributed by atoms with Gasteiger partial charge in [0.25, 0.3) is 0 Å². The molecule has 6 nitrogen and oxygen atoms in total. The van der Waals surface area contributed by atoms with E-state index >= 15 is 0 Å². The Bertz CT molecular complexity index is 493. The summed E-state index contributed by atoms with van der Waals surface area (Å²) in [5.74, 6) is 1.83. The number of hydrogen-bond acceptors (Lipinski definition) is 4. The molecule has 0 aromatic carbocycles. The molecule has 7 heteroatoms. The zero-order valence-corrected chi connectivity index (χ0v) is 17.4. The van der Waals surface area contributed by atoms with Crippen LogP contribution < -0.4 is 10.6 Å².